The number of amides is 2. The topological polar surface area (TPSA) is 100 Å². The summed E-state index contributed by atoms with van der Waals surface area (Å²) in [5.41, 5.74) is 3.04. The van der Waals surface area contributed by atoms with Crippen LogP contribution in [0.25, 0.3) is 5.70 Å². The molecule has 3 heterocycles. The third-order valence-corrected chi connectivity index (χ3v) is 7.10. The molecule has 2 aromatic heterocycles. The highest BCUT2D eigenvalue weighted by Gasteiger charge is 2.47. The van der Waals surface area contributed by atoms with Crippen molar-refractivity contribution in [3.63, 3.8) is 0 Å². The van der Waals surface area contributed by atoms with Gasteiger partial charge < -0.3 is 19.9 Å². The standard InChI is InChI=1S/C15H18N4S2.C9H10F6N2O3/c1-10-5-6-14(17-7-10)18-9-20-8-13(16-4)15-11(2)19-12(3)21-15;10-8(11,12)4-20-7(19)16-1-2-17(5-18)6(3-16)9(13,14)15/h5-8H,4,9H2,1-3H3,(H,17,18);5-6H,1-4H2/b13-8-;. The number of anilines is 1. The fraction of sp³-hybridized carbons (Fsp3) is 0.458. The number of nitrogens with one attached hydrogen (secondary N) is 1. The van der Waals surface area contributed by atoms with Gasteiger partial charge in [-0.05, 0) is 44.5 Å². The zero-order valence-corrected chi connectivity index (χ0v) is 23.9. The van der Waals surface area contributed by atoms with Crippen LogP contribution < -0.4 is 5.32 Å². The number of carbonyl (C=O) groups excluding carboxylic acids is 2. The van der Waals surface area contributed by atoms with Gasteiger partial charge in [0.15, 0.2) is 6.61 Å². The Hall–Kier alpha value is -3.34. The molecule has 0 aromatic carbocycles. The largest absolute Gasteiger partial charge is 0.440 e. The molecule has 0 aliphatic carbocycles. The highest BCUT2D eigenvalue weighted by Crippen LogP contribution is 2.29. The number of thioether (sulfide) groups is 1. The Bertz CT molecular complexity index is 1200. The molecule has 1 atom stereocenters. The Morgan fingerprint density at radius 2 is 1.95 bits per heavy atom. The number of carbonyl (C=O) groups is 2. The Morgan fingerprint density at radius 3 is 2.46 bits per heavy atom. The number of aromatic nitrogens is 2. The van der Waals surface area contributed by atoms with E-state index < -0.39 is 44.2 Å². The van der Waals surface area contributed by atoms with Crippen LogP contribution in [0.1, 0.15) is 21.1 Å². The molecule has 0 saturated carbocycles. The third kappa shape index (κ3) is 11.2. The Kier molecular flexibility index (Phi) is 12.4. The molecular weight excluding hydrogens is 598 g/mol. The number of halogens is 6. The van der Waals surface area contributed by atoms with Crippen molar-refractivity contribution in [1.82, 2.24) is 19.8 Å². The lowest BCUT2D eigenvalue weighted by molar-refractivity contribution is -0.196. The summed E-state index contributed by atoms with van der Waals surface area (Å²) in [4.78, 5) is 36.6. The summed E-state index contributed by atoms with van der Waals surface area (Å²) in [6.45, 7) is 6.06. The van der Waals surface area contributed by atoms with Crippen molar-refractivity contribution in [1.29, 1.82) is 0 Å². The summed E-state index contributed by atoms with van der Waals surface area (Å²) in [6, 6.07) is 1.76. The van der Waals surface area contributed by atoms with Gasteiger partial charge in [-0.1, -0.05) is 6.07 Å². The molecule has 1 aliphatic heterocycles. The molecule has 0 radical (unpaired) electrons. The molecule has 2 aromatic rings. The van der Waals surface area contributed by atoms with E-state index in [0.717, 1.165) is 38.5 Å². The van der Waals surface area contributed by atoms with Gasteiger partial charge in [0.25, 0.3) is 0 Å². The summed E-state index contributed by atoms with van der Waals surface area (Å²) in [7, 11) is 0. The lowest BCUT2D eigenvalue weighted by Gasteiger charge is -2.39. The normalized spacial score (nSPS) is 16.0. The molecule has 1 N–H and O–H groups in total. The number of ether oxygens (including phenoxy) is 1. The number of nitrogens with zero attached hydrogens (tertiary/aromatic N) is 5. The molecule has 2 amide bonds. The van der Waals surface area contributed by atoms with Gasteiger partial charge in [-0.2, -0.15) is 26.3 Å². The van der Waals surface area contributed by atoms with Gasteiger partial charge in [0, 0.05) is 19.3 Å². The van der Waals surface area contributed by atoms with E-state index >= 15 is 0 Å². The predicted molar refractivity (Wildman–Crippen MR) is 146 cm³/mol. The number of hydrogen-bond acceptors (Lipinski definition) is 9. The second-order valence-corrected chi connectivity index (χ2v) is 10.6. The van der Waals surface area contributed by atoms with Crippen molar-refractivity contribution >= 4 is 53.8 Å². The Balaban J connectivity index is 0.000000287. The number of piperazine rings is 1. The van der Waals surface area contributed by atoms with E-state index in [0.29, 0.717) is 9.80 Å². The average Bonchev–Trinajstić information content (AvgIpc) is 3.24. The van der Waals surface area contributed by atoms with E-state index in [9.17, 15) is 35.9 Å². The summed E-state index contributed by atoms with van der Waals surface area (Å²) >= 11 is 3.27. The molecule has 1 fully saturated rings. The summed E-state index contributed by atoms with van der Waals surface area (Å²) < 4.78 is 77.3. The van der Waals surface area contributed by atoms with Crippen molar-refractivity contribution in [3.8, 4) is 0 Å². The summed E-state index contributed by atoms with van der Waals surface area (Å²) in [6.07, 6.45) is -9.21. The number of aryl methyl sites for hydroxylation is 3. The monoisotopic (exact) mass is 626 g/mol. The van der Waals surface area contributed by atoms with Gasteiger partial charge in [-0.3, -0.25) is 9.79 Å². The second kappa shape index (κ2) is 15.0. The fourth-order valence-corrected chi connectivity index (χ4v) is 4.99. The maximum Gasteiger partial charge on any atom is 0.422 e. The summed E-state index contributed by atoms with van der Waals surface area (Å²) in [5.74, 6) is 1.60. The number of thiazole rings is 1. The molecule has 0 bridgehead atoms. The quantitative estimate of drug-likeness (QED) is 0.133. The lowest BCUT2D eigenvalue weighted by Crippen LogP contribution is -2.59. The number of alkyl halides is 6. The van der Waals surface area contributed by atoms with Crippen LogP contribution in [0.3, 0.4) is 0 Å². The van der Waals surface area contributed by atoms with E-state index in [4.69, 9.17) is 0 Å². The van der Waals surface area contributed by atoms with E-state index in [-0.39, 0.29) is 13.0 Å². The van der Waals surface area contributed by atoms with Crippen LogP contribution in [0.2, 0.25) is 0 Å². The number of rotatable bonds is 8. The van der Waals surface area contributed by atoms with Crippen LogP contribution >= 0.6 is 23.1 Å². The molecule has 1 saturated heterocycles. The molecule has 3 rings (SSSR count). The average molecular weight is 627 g/mol. The zero-order chi connectivity index (χ0) is 30.8. The maximum atomic E-state index is 12.6. The van der Waals surface area contributed by atoms with Crippen molar-refractivity contribution in [2.45, 2.75) is 39.2 Å². The molecule has 1 unspecified atom stereocenters. The molecular formula is C24H28F6N6O3S2. The first-order valence-electron chi connectivity index (χ1n) is 11.8. The first-order valence-corrected chi connectivity index (χ1v) is 13.7. The molecule has 0 spiro atoms. The van der Waals surface area contributed by atoms with E-state index in [1.807, 2.05) is 44.5 Å². The van der Waals surface area contributed by atoms with Crippen LogP contribution in [0.15, 0.2) is 28.7 Å². The van der Waals surface area contributed by atoms with Gasteiger partial charge >= 0.3 is 18.4 Å². The highest BCUT2D eigenvalue weighted by atomic mass is 32.2. The van der Waals surface area contributed by atoms with Gasteiger partial charge in [-0.25, -0.2) is 14.8 Å². The van der Waals surface area contributed by atoms with Gasteiger partial charge in [0.05, 0.1) is 33.7 Å². The van der Waals surface area contributed by atoms with Gasteiger partial charge in [-0.15, -0.1) is 23.1 Å². The van der Waals surface area contributed by atoms with Crippen LogP contribution in [-0.4, -0.2) is 89.5 Å². The zero-order valence-electron chi connectivity index (χ0n) is 22.3. The van der Waals surface area contributed by atoms with Crippen LogP contribution in [0, 0.1) is 20.8 Å². The Morgan fingerprint density at radius 1 is 1.24 bits per heavy atom. The fourth-order valence-electron chi connectivity index (χ4n) is 3.36. The first kappa shape index (κ1) is 33.9. The number of pyridine rings is 1. The van der Waals surface area contributed by atoms with Crippen molar-refractivity contribution in [3.05, 3.63) is 44.9 Å². The second-order valence-electron chi connectivity index (χ2n) is 8.53. The number of aliphatic imine (C=N–C) groups is 1. The summed E-state index contributed by atoms with van der Waals surface area (Å²) in [5, 5.41) is 6.31. The molecule has 17 heteroatoms. The van der Waals surface area contributed by atoms with Crippen molar-refractivity contribution in [2.75, 3.05) is 37.4 Å². The molecule has 9 nitrogen and oxygen atoms in total. The third-order valence-electron chi connectivity index (χ3n) is 5.30. The highest BCUT2D eigenvalue weighted by molar-refractivity contribution is 8.02. The maximum absolute atomic E-state index is 12.6. The van der Waals surface area contributed by atoms with Crippen molar-refractivity contribution < 1.29 is 40.7 Å². The predicted octanol–water partition coefficient (Wildman–Crippen LogP) is 5.66. The minimum absolute atomic E-state index is 0.0173. The van der Waals surface area contributed by atoms with Crippen LogP contribution in [0.4, 0.5) is 37.0 Å². The van der Waals surface area contributed by atoms with Gasteiger partial charge in [0.1, 0.15) is 11.9 Å². The minimum atomic E-state index is -4.79. The number of hydrogen-bond donors (Lipinski definition) is 1. The SMILES string of the molecule is C=N/C(=C\SCNc1ccc(C)cn1)c1sc(C)nc1C.O=CN1CCN(C(=O)OCC(F)(F)F)CC1C(F)(F)F. The molecule has 1 aliphatic rings. The van der Waals surface area contributed by atoms with E-state index in [1.54, 1.807) is 23.1 Å². The Labute approximate surface area is 240 Å². The van der Waals surface area contributed by atoms with E-state index in [2.05, 4.69) is 31.7 Å². The minimum Gasteiger partial charge on any atom is -0.440 e. The lowest BCUT2D eigenvalue weighted by atomic mass is 10.2. The van der Waals surface area contributed by atoms with Crippen LogP contribution in [0.5, 0.6) is 0 Å². The van der Waals surface area contributed by atoms with Crippen LogP contribution in [-0.2, 0) is 9.53 Å². The van der Waals surface area contributed by atoms with E-state index in [1.165, 1.54) is 0 Å². The van der Waals surface area contributed by atoms with Crippen molar-refractivity contribution in [2.24, 2.45) is 4.99 Å². The first-order chi connectivity index (χ1) is 19.1. The molecule has 226 valence electrons. The van der Waals surface area contributed by atoms with Gasteiger partial charge in [0.2, 0.25) is 6.41 Å². The smallest absolute Gasteiger partial charge is 0.422 e. The molecule has 41 heavy (non-hydrogen) atoms.